The molecule has 2 aromatic rings. The minimum absolute atomic E-state index is 0.0767. The fourth-order valence-corrected chi connectivity index (χ4v) is 2.38. The van der Waals surface area contributed by atoms with Gasteiger partial charge in [-0.05, 0) is 37.1 Å². The van der Waals surface area contributed by atoms with Crippen LogP contribution in [0.25, 0.3) is 0 Å². The van der Waals surface area contributed by atoms with Gasteiger partial charge in [0.05, 0.1) is 19.8 Å². The van der Waals surface area contributed by atoms with Crippen LogP contribution in [0, 0.1) is 5.92 Å². The molecule has 0 saturated carbocycles. The van der Waals surface area contributed by atoms with Gasteiger partial charge in [0.2, 0.25) is 0 Å². The summed E-state index contributed by atoms with van der Waals surface area (Å²) in [5.41, 5.74) is -0.828. The molecule has 7 nitrogen and oxygen atoms in total. The van der Waals surface area contributed by atoms with Crippen molar-refractivity contribution in [2.24, 2.45) is 5.92 Å². The topological polar surface area (TPSA) is 87.5 Å². The minimum Gasteiger partial charge on any atom is -0.493 e. The molecule has 8 heteroatoms. The molecule has 0 saturated heterocycles. The highest BCUT2D eigenvalue weighted by Crippen LogP contribution is 2.14. The number of ether oxygens (including phenoxy) is 2. The van der Waals surface area contributed by atoms with Crippen molar-refractivity contribution in [2.45, 2.75) is 34.0 Å². The first-order valence-electron chi connectivity index (χ1n) is 8.95. The summed E-state index contributed by atoms with van der Waals surface area (Å²) in [7, 11) is 0. The fourth-order valence-electron chi connectivity index (χ4n) is 2.38. The number of ketones is 1. The Morgan fingerprint density at radius 3 is 2.46 bits per heavy atom. The van der Waals surface area contributed by atoms with E-state index in [0.717, 1.165) is 10.8 Å². The summed E-state index contributed by atoms with van der Waals surface area (Å²) in [5, 5.41) is 0. The van der Waals surface area contributed by atoms with E-state index in [1.807, 2.05) is 13.8 Å². The van der Waals surface area contributed by atoms with E-state index < -0.39 is 30.5 Å². The molecule has 0 aliphatic carbocycles. The molecule has 0 aliphatic heterocycles. The van der Waals surface area contributed by atoms with Gasteiger partial charge in [0.25, 0.3) is 5.56 Å². The number of aromatic nitrogens is 2. The van der Waals surface area contributed by atoms with Gasteiger partial charge < -0.3 is 9.47 Å². The van der Waals surface area contributed by atoms with Crippen molar-refractivity contribution in [3.63, 3.8) is 0 Å². The van der Waals surface area contributed by atoms with E-state index >= 15 is 0 Å². The normalized spacial score (nSPS) is 10.8. The monoisotopic (exact) mass is 390 g/mol. The summed E-state index contributed by atoms with van der Waals surface area (Å²) >= 11 is 0. The molecule has 1 aromatic heterocycles. The van der Waals surface area contributed by atoms with Crippen LogP contribution in [0.15, 0.2) is 35.3 Å². The van der Waals surface area contributed by atoms with Crippen LogP contribution in [0.5, 0.6) is 5.75 Å². The van der Waals surface area contributed by atoms with Crippen molar-refractivity contribution < 1.29 is 23.5 Å². The van der Waals surface area contributed by atoms with Crippen LogP contribution in [0.2, 0.25) is 0 Å². The zero-order valence-corrected chi connectivity index (χ0v) is 16.1. The molecule has 0 spiro atoms. The van der Waals surface area contributed by atoms with Gasteiger partial charge in [-0.3, -0.25) is 14.2 Å². The van der Waals surface area contributed by atoms with Gasteiger partial charge in [0.1, 0.15) is 23.8 Å². The SMILES string of the molecule is CCOC(=O)c1cnc(CF)n(CC(=O)c2ccc(OCC(C)C)cc2)c1=O. The number of carbonyl (C=O) groups is 2. The molecule has 1 heterocycles. The Bertz CT molecular complexity index is 890. The Balaban J connectivity index is 2.24. The van der Waals surface area contributed by atoms with Crippen molar-refractivity contribution in [2.75, 3.05) is 13.2 Å². The third kappa shape index (κ3) is 5.25. The molecule has 0 radical (unpaired) electrons. The van der Waals surface area contributed by atoms with Crippen molar-refractivity contribution >= 4 is 11.8 Å². The Labute approximate surface area is 162 Å². The maximum absolute atomic E-state index is 13.2. The molecule has 0 atom stereocenters. The largest absolute Gasteiger partial charge is 0.493 e. The van der Waals surface area contributed by atoms with Crippen LogP contribution in [0.3, 0.4) is 0 Å². The van der Waals surface area contributed by atoms with Crippen molar-refractivity contribution in [1.82, 2.24) is 9.55 Å². The number of esters is 1. The number of hydrogen-bond acceptors (Lipinski definition) is 6. The smallest absolute Gasteiger partial charge is 0.345 e. The Morgan fingerprint density at radius 1 is 1.21 bits per heavy atom. The number of benzene rings is 1. The predicted molar refractivity (Wildman–Crippen MR) is 100 cm³/mol. The van der Waals surface area contributed by atoms with Crippen molar-refractivity contribution in [3.8, 4) is 5.75 Å². The molecule has 1 aromatic carbocycles. The lowest BCUT2D eigenvalue weighted by Gasteiger charge is -2.12. The lowest BCUT2D eigenvalue weighted by atomic mass is 10.1. The maximum Gasteiger partial charge on any atom is 0.345 e. The fraction of sp³-hybridized carbons (Fsp3) is 0.400. The Morgan fingerprint density at radius 2 is 1.89 bits per heavy atom. The Kier molecular flexibility index (Phi) is 7.43. The van der Waals surface area contributed by atoms with Gasteiger partial charge in [-0.2, -0.15) is 0 Å². The molecule has 0 N–H and O–H groups in total. The van der Waals surface area contributed by atoms with E-state index in [1.165, 1.54) is 0 Å². The number of hydrogen-bond donors (Lipinski definition) is 0. The van der Waals surface area contributed by atoms with Crippen molar-refractivity contribution in [1.29, 1.82) is 0 Å². The van der Waals surface area contributed by atoms with E-state index in [4.69, 9.17) is 9.47 Å². The number of carbonyl (C=O) groups excluding carboxylic acids is 2. The first kappa shape index (κ1) is 21.3. The van der Waals surface area contributed by atoms with E-state index in [0.29, 0.717) is 23.8 Å². The van der Waals surface area contributed by atoms with Gasteiger partial charge >= 0.3 is 5.97 Å². The van der Waals surface area contributed by atoms with Crippen molar-refractivity contribution in [3.05, 3.63) is 57.8 Å². The third-order valence-corrected chi connectivity index (χ3v) is 3.81. The average Bonchev–Trinajstić information content (AvgIpc) is 2.68. The summed E-state index contributed by atoms with van der Waals surface area (Å²) in [6, 6.07) is 6.45. The summed E-state index contributed by atoms with van der Waals surface area (Å²) < 4.78 is 24.5. The maximum atomic E-state index is 13.2. The minimum atomic E-state index is -1.05. The quantitative estimate of drug-likeness (QED) is 0.483. The van der Waals surface area contributed by atoms with E-state index in [2.05, 4.69) is 4.98 Å². The third-order valence-electron chi connectivity index (χ3n) is 3.81. The average molecular weight is 390 g/mol. The van der Waals surface area contributed by atoms with Crippen LogP contribution in [0.1, 0.15) is 47.3 Å². The standard InChI is InChI=1S/C20H23FN2O5/c1-4-27-20(26)16-10-22-18(9-21)23(19(16)25)11-17(24)14-5-7-15(8-6-14)28-12-13(2)3/h5-8,10,13H,4,9,11-12H2,1-3H3. The molecule has 0 fully saturated rings. The predicted octanol–water partition coefficient (Wildman–Crippen LogP) is 2.81. The molecular weight excluding hydrogens is 367 g/mol. The van der Waals surface area contributed by atoms with Crippen LogP contribution in [-0.2, 0) is 18.0 Å². The van der Waals surface area contributed by atoms with Crippen LogP contribution < -0.4 is 10.3 Å². The molecule has 0 unspecified atom stereocenters. The summed E-state index contributed by atoms with van der Waals surface area (Å²) in [5.74, 6) is -0.527. The van der Waals surface area contributed by atoms with Gasteiger partial charge in [0.15, 0.2) is 5.78 Å². The highest BCUT2D eigenvalue weighted by atomic mass is 19.1. The van der Waals surface area contributed by atoms with Gasteiger partial charge in [-0.1, -0.05) is 13.8 Å². The zero-order chi connectivity index (χ0) is 20.7. The number of Topliss-reactive ketones (excluding diaryl/α,β-unsaturated/α-hetero) is 1. The van der Waals surface area contributed by atoms with E-state index in [9.17, 15) is 18.8 Å². The second-order valence-corrected chi connectivity index (χ2v) is 6.49. The lowest BCUT2D eigenvalue weighted by Crippen LogP contribution is -2.33. The summed E-state index contributed by atoms with van der Waals surface area (Å²) in [6.07, 6.45) is 0.969. The zero-order valence-electron chi connectivity index (χ0n) is 16.1. The molecule has 0 bridgehead atoms. The highest BCUT2D eigenvalue weighted by molar-refractivity contribution is 5.96. The number of alkyl halides is 1. The second kappa shape index (κ2) is 9.77. The van der Waals surface area contributed by atoms with E-state index in [1.54, 1.807) is 31.2 Å². The van der Waals surface area contributed by atoms with Gasteiger partial charge in [-0.25, -0.2) is 14.2 Å². The summed E-state index contributed by atoms with van der Waals surface area (Å²) in [4.78, 5) is 40.7. The van der Waals surface area contributed by atoms with E-state index in [-0.39, 0.29) is 18.0 Å². The molecule has 28 heavy (non-hydrogen) atoms. The highest BCUT2D eigenvalue weighted by Gasteiger charge is 2.19. The number of nitrogens with zero attached hydrogens (tertiary/aromatic N) is 2. The van der Waals surface area contributed by atoms with Gasteiger partial charge in [-0.15, -0.1) is 0 Å². The lowest BCUT2D eigenvalue weighted by molar-refractivity contribution is 0.0522. The van der Waals surface area contributed by atoms with Crippen LogP contribution in [-0.4, -0.2) is 34.5 Å². The van der Waals surface area contributed by atoms with Crippen LogP contribution in [0.4, 0.5) is 4.39 Å². The number of halogens is 1. The molecular formula is C20H23FN2O5. The molecule has 0 aliphatic rings. The Hall–Kier alpha value is -3.03. The number of rotatable bonds is 9. The second-order valence-electron chi connectivity index (χ2n) is 6.49. The molecule has 150 valence electrons. The van der Waals surface area contributed by atoms with Crippen LogP contribution >= 0.6 is 0 Å². The van der Waals surface area contributed by atoms with Gasteiger partial charge in [0, 0.05) is 11.8 Å². The first-order valence-corrected chi connectivity index (χ1v) is 8.95. The molecule has 2 rings (SSSR count). The first-order chi connectivity index (χ1) is 13.4. The summed E-state index contributed by atoms with van der Waals surface area (Å²) in [6.45, 7) is 4.78. The molecule has 0 amide bonds.